The van der Waals surface area contributed by atoms with Crippen molar-refractivity contribution < 1.29 is 4.79 Å². The van der Waals surface area contributed by atoms with Crippen LogP contribution in [-0.2, 0) is 0 Å². The summed E-state index contributed by atoms with van der Waals surface area (Å²) in [6.45, 7) is 0.600. The molecular formula is C14H12N2OS. The standard InChI is InChI=1S/C14H12N2OS/c15-10-11-3-5-12(6-4-11)16-8-7-13(17)14-2-1-9-18-14/h1-6,9,16H,7-8H2. The van der Waals surface area contributed by atoms with Gasteiger partial charge >= 0.3 is 0 Å². The van der Waals surface area contributed by atoms with E-state index >= 15 is 0 Å². The van der Waals surface area contributed by atoms with Gasteiger partial charge in [-0.3, -0.25) is 4.79 Å². The quantitative estimate of drug-likeness (QED) is 0.835. The van der Waals surface area contributed by atoms with Crippen molar-refractivity contribution in [2.75, 3.05) is 11.9 Å². The molecule has 1 N–H and O–H groups in total. The van der Waals surface area contributed by atoms with Crippen molar-refractivity contribution in [3.8, 4) is 6.07 Å². The number of hydrogen-bond donors (Lipinski definition) is 1. The molecule has 1 aromatic carbocycles. The normalized spacial score (nSPS) is 9.72. The minimum Gasteiger partial charge on any atom is -0.385 e. The zero-order chi connectivity index (χ0) is 12.8. The lowest BCUT2D eigenvalue weighted by atomic mass is 10.2. The lowest BCUT2D eigenvalue weighted by molar-refractivity contribution is 0.0990. The Morgan fingerprint density at radius 1 is 1.28 bits per heavy atom. The van der Waals surface area contributed by atoms with E-state index in [1.54, 1.807) is 12.1 Å². The molecule has 0 amide bonds. The number of Topliss-reactive ketones (excluding diaryl/α,β-unsaturated/α-hetero) is 1. The number of nitriles is 1. The number of rotatable bonds is 5. The molecule has 0 aliphatic rings. The SMILES string of the molecule is N#Cc1ccc(NCCC(=O)c2cccs2)cc1. The predicted molar refractivity (Wildman–Crippen MR) is 72.9 cm³/mol. The maximum atomic E-state index is 11.7. The van der Waals surface area contributed by atoms with Gasteiger partial charge in [0.15, 0.2) is 5.78 Å². The molecule has 0 aliphatic carbocycles. The Kier molecular flexibility index (Phi) is 4.11. The summed E-state index contributed by atoms with van der Waals surface area (Å²) in [4.78, 5) is 12.5. The summed E-state index contributed by atoms with van der Waals surface area (Å²) in [5.41, 5.74) is 1.56. The Morgan fingerprint density at radius 3 is 2.67 bits per heavy atom. The fraction of sp³-hybridized carbons (Fsp3) is 0.143. The van der Waals surface area contributed by atoms with Crippen molar-refractivity contribution in [2.24, 2.45) is 0 Å². The molecule has 3 nitrogen and oxygen atoms in total. The summed E-state index contributed by atoms with van der Waals surface area (Å²) in [7, 11) is 0. The van der Waals surface area contributed by atoms with Crippen LogP contribution in [0.4, 0.5) is 5.69 Å². The number of ketones is 1. The van der Waals surface area contributed by atoms with Gasteiger partial charge in [-0.2, -0.15) is 5.26 Å². The van der Waals surface area contributed by atoms with Crippen LogP contribution in [0.15, 0.2) is 41.8 Å². The maximum Gasteiger partial charge on any atom is 0.174 e. The number of nitrogens with one attached hydrogen (secondary N) is 1. The van der Waals surface area contributed by atoms with Gasteiger partial charge in [0.25, 0.3) is 0 Å². The van der Waals surface area contributed by atoms with E-state index in [1.165, 1.54) is 11.3 Å². The highest BCUT2D eigenvalue weighted by Gasteiger charge is 2.05. The average Bonchev–Trinajstić information content (AvgIpc) is 2.93. The molecule has 0 fully saturated rings. The molecule has 0 unspecified atom stereocenters. The molecule has 1 heterocycles. The van der Waals surface area contributed by atoms with Gasteiger partial charge in [-0.05, 0) is 35.7 Å². The molecule has 18 heavy (non-hydrogen) atoms. The van der Waals surface area contributed by atoms with E-state index < -0.39 is 0 Å². The van der Waals surface area contributed by atoms with Gasteiger partial charge in [0.2, 0.25) is 0 Å². The summed E-state index contributed by atoms with van der Waals surface area (Å²) < 4.78 is 0. The first-order chi connectivity index (χ1) is 8.79. The number of benzene rings is 1. The van der Waals surface area contributed by atoms with E-state index in [0.717, 1.165) is 10.6 Å². The lowest BCUT2D eigenvalue weighted by Gasteiger charge is -2.05. The monoisotopic (exact) mass is 256 g/mol. The van der Waals surface area contributed by atoms with E-state index in [-0.39, 0.29) is 5.78 Å². The Hall–Kier alpha value is -2.12. The van der Waals surface area contributed by atoms with Gasteiger partial charge in [-0.25, -0.2) is 0 Å². The van der Waals surface area contributed by atoms with Crippen LogP contribution < -0.4 is 5.32 Å². The molecular weight excluding hydrogens is 244 g/mol. The topological polar surface area (TPSA) is 52.9 Å². The van der Waals surface area contributed by atoms with Crippen LogP contribution in [-0.4, -0.2) is 12.3 Å². The molecule has 0 radical (unpaired) electrons. The van der Waals surface area contributed by atoms with Crippen LogP contribution >= 0.6 is 11.3 Å². The Balaban J connectivity index is 1.82. The molecule has 90 valence electrons. The van der Waals surface area contributed by atoms with Crippen LogP contribution in [0.25, 0.3) is 0 Å². The highest BCUT2D eigenvalue weighted by molar-refractivity contribution is 7.12. The first-order valence-corrected chi connectivity index (χ1v) is 6.48. The third kappa shape index (κ3) is 3.19. The zero-order valence-corrected chi connectivity index (χ0v) is 10.5. The molecule has 0 saturated carbocycles. The van der Waals surface area contributed by atoms with E-state index in [2.05, 4.69) is 11.4 Å². The third-order valence-electron chi connectivity index (χ3n) is 2.49. The predicted octanol–water partition coefficient (Wildman–Crippen LogP) is 3.30. The molecule has 2 rings (SSSR count). The van der Waals surface area contributed by atoms with Crippen molar-refractivity contribution in [3.05, 3.63) is 52.2 Å². The van der Waals surface area contributed by atoms with Gasteiger partial charge in [-0.1, -0.05) is 6.07 Å². The number of thiophene rings is 1. The van der Waals surface area contributed by atoms with Gasteiger partial charge in [0, 0.05) is 18.7 Å². The summed E-state index contributed by atoms with van der Waals surface area (Å²) >= 11 is 1.47. The summed E-state index contributed by atoms with van der Waals surface area (Å²) in [6, 6.07) is 13.0. The van der Waals surface area contributed by atoms with Crippen molar-refractivity contribution in [3.63, 3.8) is 0 Å². The van der Waals surface area contributed by atoms with Gasteiger partial charge in [0.1, 0.15) is 0 Å². The molecule has 1 aromatic heterocycles. The maximum absolute atomic E-state index is 11.7. The van der Waals surface area contributed by atoms with Crippen molar-refractivity contribution in [1.82, 2.24) is 0 Å². The van der Waals surface area contributed by atoms with Crippen LogP contribution in [0, 0.1) is 11.3 Å². The highest BCUT2D eigenvalue weighted by atomic mass is 32.1. The minimum atomic E-state index is 0.158. The van der Waals surface area contributed by atoms with Gasteiger partial charge in [-0.15, -0.1) is 11.3 Å². The number of anilines is 1. The lowest BCUT2D eigenvalue weighted by Crippen LogP contribution is -2.07. The second kappa shape index (κ2) is 5.99. The van der Waals surface area contributed by atoms with Crippen molar-refractivity contribution >= 4 is 22.8 Å². The molecule has 4 heteroatoms. The Morgan fingerprint density at radius 2 is 2.06 bits per heavy atom. The minimum absolute atomic E-state index is 0.158. The van der Waals surface area contributed by atoms with Crippen molar-refractivity contribution in [1.29, 1.82) is 5.26 Å². The second-order valence-electron chi connectivity index (χ2n) is 3.77. The summed E-state index contributed by atoms with van der Waals surface area (Å²) in [6.07, 6.45) is 0.473. The van der Waals surface area contributed by atoms with Crippen LogP contribution in [0.3, 0.4) is 0 Å². The number of carbonyl (C=O) groups excluding carboxylic acids is 1. The first kappa shape index (κ1) is 12.3. The fourth-order valence-electron chi connectivity index (χ4n) is 1.54. The first-order valence-electron chi connectivity index (χ1n) is 5.60. The van der Waals surface area contributed by atoms with Crippen molar-refractivity contribution in [2.45, 2.75) is 6.42 Å². The van der Waals surface area contributed by atoms with Crippen LogP contribution in [0.1, 0.15) is 21.7 Å². The number of nitrogens with zero attached hydrogens (tertiary/aromatic N) is 1. The van der Waals surface area contributed by atoms with E-state index in [4.69, 9.17) is 5.26 Å². The fourth-order valence-corrected chi connectivity index (χ4v) is 2.24. The molecule has 0 saturated heterocycles. The largest absolute Gasteiger partial charge is 0.385 e. The molecule has 0 bridgehead atoms. The zero-order valence-electron chi connectivity index (χ0n) is 9.72. The smallest absolute Gasteiger partial charge is 0.174 e. The number of carbonyl (C=O) groups is 1. The molecule has 2 aromatic rings. The Bertz CT molecular complexity index is 552. The summed E-state index contributed by atoms with van der Waals surface area (Å²) in [5, 5.41) is 13.7. The second-order valence-corrected chi connectivity index (χ2v) is 4.71. The van der Waals surface area contributed by atoms with Crippen LogP contribution in [0.2, 0.25) is 0 Å². The Labute approximate surface area is 110 Å². The average molecular weight is 256 g/mol. The van der Waals surface area contributed by atoms with E-state index in [1.807, 2.05) is 29.6 Å². The molecule has 0 aliphatic heterocycles. The van der Waals surface area contributed by atoms with E-state index in [9.17, 15) is 4.79 Å². The van der Waals surface area contributed by atoms with E-state index in [0.29, 0.717) is 18.5 Å². The highest BCUT2D eigenvalue weighted by Crippen LogP contribution is 2.12. The molecule has 0 spiro atoms. The molecule has 0 atom stereocenters. The summed E-state index contributed by atoms with van der Waals surface area (Å²) in [5.74, 6) is 0.158. The van der Waals surface area contributed by atoms with Gasteiger partial charge in [0.05, 0.1) is 16.5 Å². The van der Waals surface area contributed by atoms with Crippen LogP contribution in [0.5, 0.6) is 0 Å². The third-order valence-corrected chi connectivity index (χ3v) is 3.40. The number of hydrogen-bond acceptors (Lipinski definition) is 4. The van der Waals surface area contributed by atoms with Gasteiger partial charge < -0.3 is 5.32 Å².